The molecule has 1 amide bonds. The van der Waals surface area contributed by atoms with E-state index in [0.29, 0.717) is 36.8 Å². The molecule has 9 heteroatoms. The molecular weight excluding hydrogens is 490 g/mol. The zero-order chi connectivity index (χ0) is 23.1. The lowest BCUT2D eigenvalue weighted by atomic mass is 9.92. The number of amides is 1. The van der Waals surface area contributed by atoms with Crippen molar-refractivity contribution in [3.8, 4) is 0 Å². The van der Waals surface area contributed by atoms with E-state index in [-0.39, 0.29) is 18.1 Å². The quantitative estimate of drug-likeness (QED) is 0.336. The van der Waals surface area contributed by atoms with Crippen LogP contribution in [0.15, 0.2) is 22.9 Å². The van der Waals surface area contributed by atoms with Gasteiger partial charge in [-0.25, -0.2) is 4.98 Å². The molecule has 0 radical (unpaired) electrons. The molecule has 1 N–H and O–H groups in total. The van der Waals surface area contributed by atoms with Gasteiger partial charge in [0, 0.05) is 27.8 Å². The predicted molar refractivity (Wildman–Crippen MR) is 133 cm³/mol. The van der Waals surface area contributed by atoms with E-state index in [1.807, 2.05) is 22.8 Å². The van der Waals surface area contributed by atoms with Crippen LogP contribution in [0.25, 0.3) is 11.0 Å². The smallest absolute Gasteiger partial charge is 0.253 e. The number of imidazole rings is 1. The lowest BCUT2D eigenvalue weighted by Gasteiger charge is -2.29. The molecule has 0 atom stereocenters. The second-order valence-electron chi connectivity index (χ2n) is 9.64. The summed E-state index contributed by atoms with van der Waals surface area (Å²) in [6.45, 7) is 9.33. The van der Waals surface area contributed by atoms with Crippen molar-refractivity contribution >= 4 is 40.9 Å². The van der Waals surface area contributed by atoms with Crippen LogP contribution in [0, 0.1) is 0 Å². The molecule has 1 fully saturated rings. The summed E-state index contributed by atoms with van der Waals surface area (Å²) in [5, 5.41) is 3.23. The Morgan fingerprint density at radius 2 is 1.94 bits per heavy atom. The average Bonchev–Trinajstić information content (AvgIpc) is 3.07. The molecule has 1 aliphatic rings. The van der Waals surface area contributed by atoms with Crippen LogP contribution in [0.4, 0.5) is 0 Å². The van der Waals surface area contributed by atoms with Crippen molar-refractivity contribution in [1.82, 2.24) is 14.9 Å². The Balaban J connectivity index is 1.63. The fourth-order valence-corrected chi connectivity index (χ4v) is 5.15. The predicted octanol–water partition coefficient (Wildman–Crippen LogP) is 4.82. The molecule has 0 aliphatic heterocycles. The van der Waals surface area contributed by atoms with Gasteiger partial charge in [0.15, 0.2) is 4.73 Å². The number of hydrogen-bond acceptors (Lipinski definition) is 5. The van der Waals surface area contributed by atoms with E-state index in [9.17, 15) is 4.79 Å². The number of nitrogens with zero attached hydrogens (tertiary/aromatic N) is 2. The molecule has 1 aromatic heterocycles. The molecule has 178 valence electrons. The first kappa shape index (κ1) is 25.4. The minimum atomic E-state index is -1.16. The SMILES string of the molecule is COCCOC1CCC(NC(=O)c2cccc3nc(Br)n(COCC[Si](C)(C)C)c23)CC1. The highest BCUT2D eigenvalue weighted by molar-refractivity contribution is 9.10. The first-order valence-corrected chi connectivity index (χ1v) is 15.9. The van der Waals surface area contributed by atoms with Crippen LogP contribution in [0.5, 0.6) is 0 Å². The van der Waals surface area contributed by atoms with Crippen LogP contribution < -0.4 is 5.32 Å². The Hall–Kier alpha value is -1.26. The molecule has 1 saturated carbocycles. The van der Waals surface area contributed by atoms with Crippen molar-refractivity contribution in [3.63, 3.8) is 0 Å². The van der Waals surface area contributed by atoms with E-state index < -0.39 is 8.07 Å². The number of para-hydroxylation sites is 1. The maximum absolute atomic E-state index is 13.2. The van der Waals surface area contributed by atoms with Crippen molar-refractivity contribution in [2.75, 3.05) is 26.9 Å². The Bertz CT molecular complexity index is 891. The van der Waals surface area contributed by atoms with Crippen molar-refractivity contribution in [3.05, 3.63) is 28.5 Å². The molecule has 0 spiro atoms. The number of hydrogen-bond donors (Lipinski definition) is 1. The third-order valence-corrected chi connectivity index (χ3v) is 8.14. The van der Waals surface area contributed by atoms with Gasteiger partial charge in [-0.15, -0.1) is 0 Å². The van der Waals surface area contributed by atoms with Crippen LogP contribution in [0.1, 0.15) is 36.0 Å². The molecule has 0 unspecified atom stereocenters. The summed E-state index contributed by atoms with van der Waals surface area (Å²) < 4.78 is 19.5. The standard InChI is InChI=1S/C23H36BrN3O4Si/c1-29-12-13-31-18-10-8-17(9-11-18)25-22(28)19-6-5-7-20-21(19)27(23(24)26-20)16-30-14-15-32(2,3)4/h5-7,17-18H,8-16H2,1-4H3,(H,25,28). The number of rotatable bonds is 11. The summed E-state index contributed by atoms with van der Waals surface area (Å²) in [4.78, 5) is 17.8. The molecule has 32 heavy (non-hydrogen) atoms. The van der Waals surface area contributed by atoms with Crippen molar-refractivity contribution in [2.45, 2.75) is 70.2 Å². The molecule has 1 aliphatic carbocycles. The van der Waals surface area contributed by atoms with Gasteiger partial charge in [-0.1, -0.05) is 25.7 Å². The molecule has 7 nitrogen and oxygen atoms in total. The summed E-state index contributed by atoms with van der Waals surface area (Å²) in [5.74, 6) is -0.0601. The normalized spacial score (nSPS) is 19.4. The third kappa shape index (κ3) is 7.12. The Morgan fingerprint density at radius 3 is 2.62 bits per heavy atom. The second-order valence-corrected chi connectivity index (χ2v) is 16.0. The van der Waals surface area contributed by atoms with Gasteiger partial charge in [-0.05, 0) is 59.8 Å². The van der Waals surface area contributed by atoms with Gasteiger partial charge in [-0.3, -0.25) is 9.36 Å². The Morgan fingerprint density at radius 1 is 1.19 bits per heavy atom. The fraction of sp³-hybridized carbons (Fsp3) is 0.652. The fourth-order valence-electron chi connectivity index (χ4n) is 3.93. The highest BCUT2D eigenvalue weighted by Crippen LogP contribution is 2.26. The van der Waals surface area contributed by atoms with Crippen LogP contribution in [-0.4, -0.2) is 62.6 Å². The summed E-state index contributed by atoms with van der Waals surface area (Å²) in [6.07, 6.45) is 4.00. The summed E-state index contributed by atoms with van der Waals surface area (Å²) in [5.41, 5.74) is 2.23. The van der Waals surface area contributed by atoms with Gasteiger partial charge in [0.2, 0.25) is 0 Å². The van der Waals surface area contributed by atoms with E-state index in [4.69, 9.17) is 14.2 Å². The topological polar surface area (TPSA) is 74.6 Å². The van der Waals surface area contributed by atoms with Crippen LogP contribution in [0.3, 0.4) is 0 Å². The summed E-state index contributed by atoms with van der Waals surface area (Å²) in [7, 11) is 0.525. The number of carbonyl (C=O) groups is 1. The highest BCUT2D eigenvalue weighted by atomic mass is 79.9. The minimum absolute atomic E-state index is 0.0601. The first-order chi connectivity index (χ1) is 15.3. The van der Waals surface area contributed by atoms with Gasteiger partial charge in [0.05, 0.1) is 35.9 Å². The number of halogens is 1. The van der Waals surface area contributed by atoms with Crippen LogP contribution >= 0.6 is 15.9 Å². The number of aromatic nitrogens is 2. The molecule has 0 saturated heterocycles. The summed E-state index contributed by atoms with van der Waals surface area (Å²) in [6, 6.07) is 6.94. The maximum atomic E-state index is 13.2. The summed E-state index contributed by atoms with van der Waals surface area (Å²) >= 11 is 3.54. The third-order valence-electron chi connectivity index (χ3n) is 5.83. The van der Waals surface area contributed by atoms with E-state index in [1.165, 1.54) is 0 Å². The number of fused-ring (bicyclic) bond motifs is 1. The highest BCUT2D eigenvalue weighted by Gasteiger charge is 2.25. The lowest BCUT2D eigenvalue weighted by Crippen LogP contribution is -2.39. The van der Waals surface area contributed by atoms with Crippen molar-refractivity contribution < 1.29 is 19.0 Å². The first-order valence-electron chi connectivity index (χ1n) is 11.4. The number of ether oxygens (including phenoxy) is 3. The van der Waals surface area contributed by atoms with Gasteiger partial charge in [0.25, 0.3) is 5.91 Å². The minimum Gasteiger partial charge on any atom is -0.382 e. The van der Waals surface area contributed by atoms with E-state index in [1.54, 1.807) is 7.11 Å². The largest absolute Gasteiger partial charge is 0.382 e. The van der Waals surface area contributed by atoms with Crippen LogP contribution in [0.2, 0.25) is 25.7 Å². The number of benzene rings is 1. The van der Waals surface area contributed by atoms with E-state index in [2.05, 4.69) is 45.9 Å². The van der Waals surface area contributed by atoms with Gasteiger partial charge in [-0.2, -0.15) is 0 Å². The molecule has 1 aromatic carbocycles. The number of methoxy groups -OCH3 is 1. The Kier molecular flexibility index (Phi) is 9.30. The maximum Gasteiger partial charge on any atom is 0.253 e. The van der Waals surface area contributed by atoms with Gasteiger partial charge < -0.3 is 19.5 Å². The second kappa shape index (κ2) is 11.7. The molecule has 2 aromatic rings. The average molecular weight is 527 g/mol. The van der Waals surface area contributed by atoms with Crippen molar-refractivity contribution in [1.29, 1.82) is 0 Å². The zero-order valence-electron chi connectivity index (χ0n) is 19.7. The van der Waals surface area contributed by atoms with E-state index >= 15 is 0 Å². The number of carbonyl (C=O) groups excluding carboxylic acids is 1. The zero-order valence-corrected chi connectivity index (χ0v) is 22.2. The lowest BCUT2D eigenvalue weighted by molar-refractivity contribution is -0.00408. The molecular formula is C23H36BrN3O4Si. The van der Waals surface area contributed by atoms with Gasteiger partial charge in [0.1, 0.15) is 6.73 Å². The molecule has 0 bridgehead atoms. The molecule has 3 rings (SSSR count). The number of nitrogens with one attached hydrogen (secondary N) is 1. The monoisotopic (exact) mass is 525 g/mol. The Labute approximate surface area is 200 Å². The van der Waals surface area contributed by atoms with Crippen LogP contribution in [-0.2, 0) is 20.9 Å². The molecule has 1 heterocycles. The van der Waals surface area contributed by atoms with Crippen molar-refractivity contribution in [2.24, 2.45) is 0 Å². The van der Waals surface area contributed by atoms with Gasteiger partial charge >= 0.3 is 0 Å². The van der Waals surface area contributed by atoms with E-state index in [0.717, 1.165) is 42.8 Å².